The van der Waals surface area contributed by atoms with Gasteiger partial charge in [-0.15, -0.1) is 0 Å². The van der Waals surface area contributed by atoms with Crippen LogP contribution in [0.4, 0.5) is 11.4 Å². The fourth-order valence-corrected chi connectivity index (χ4v) is 3.40. The fourth-order valence-electron chi connectivity index (χ4n) is 3.40. The van der Waals surface area contributed by atoms with Gasteiger partial charge in [-0.2, -0.15) is 0 Å². The molecule has 0 aliphatic carbocycles. The molecule has 5 nitrogen and oxygen atoms in total. The Hall–Kier alpha value is -3.60. The van der Waals surface area contributed by atoms with Gasteiger partial charge in [0.05, 0.1) is 18.7 Å². The maximum absolute atomic E-state index is 12.8. The SMILES string of the molecule is CC1Oc2ccc(NC(=O)Cc3ccccc3)cc2N(Cc2ccccc2)C1=O. The molecule has 0 saturated carbocycles. The smallest absolute Gasteiger partial charge is 0.268 e. The van der Waals surface area contributed by atoms with Crippen LogP contribution < -0.4 is 15.0 Å². The van der Waals surface area contributed by atoms with Crippen LogP contribution >= 0.6 is 0 Å². The number of carbonyl (C=O) groups is 2. The Kier molecular flexibility index (Phi) is 5.29. The van der Waals surface area contributed by atoms with Gasteiger partial charge in [-0.05, 0) is 36.2 Å². The lowest BCUT2D eigenvalue weighted by Crippen LogP contribution is -2.44. The van der Waals surface area contributed by atoms with Crippen LogP contribution in [0.25, 0.3) is 0 Å². The standard InChI is InChI=1S/C24H22N2O3/c1-17-24(28)26(16-19-10-6-3-7-11-19)21-15-20(12-13-22(21)29-17)25-23(27)14-18-8-4-2-5-9-18/h2-13,15,17H,14,16H2,1H3,(H,25,27). The highest BCUT2D eigenvalue weighted by Crippen LogP contribution is 2.37. The zero-order valence-corrected chi connectivity index (χ0v) is 16.2. The van der Waals surface area contributed by atoms with Crippen LogP contribution in [0.15, 0.2) is 78.9 Å². The van der Waals surface area contributed by atoms with E-state index in [0.29, 0.717) is 23.7 Å². The van der Waals surface area contributed by atoms with Crippen molar-refractivity contribution < 1.29 is 14.3 Å². The number of hydrogen-bond acceptors (Lipinski definition) is 3. The predicted molar refractivity (Wildman–Crippen MR) is 113 cm³/mol. The Bertz CT molecular complexity index is 1020. The van der Waals surface area contributed by atoms with Gasteiger partial charge in [-0.25, -0.2) is 0 Å². The van der Waals surface area contributed by atoms with Crippen LogP contribution in [0, 0.1) is 0 Å². The van der Waals surface area contributed by atoms with Gasteiger partial charge in [0, 0.05) is 5.69 Å². The highest BCUT2D eigenvalue weighted by Gasteiger charge is 2.31. The summed E-state index contributed by atoms with van der Waals surface area (Å²) in [5.41, 5.74) is 3.27. The minimum absolute atomic E-state index is 0.103. The second kappa shape index (κ2) is 8.19. The molecule has 5 heteroatoms. The Morgan fingerprint density at radius 2 is 1.62 bits per heavy atom. The first kappa shape index (κ1) is 18.7. The van der Waals surface area contributed by atoms with Gasteiger partial charge in [0.25, 0.3) is 5.91 Å². The average Bonchev–Trinajstić information content (AvgIpc) is 2.73. The normalized spacial score (nSPS) is 15.4. The third kappa shape index (κ3) is 4.29. The third-order valence-corrected chi connectivity index (χ3v) is 4.84. The second-order valence-electron chi connectivity index (χ2n) is 7.06. The maximum atomic E-state index is 12.8. The van der Waals surface area contributed by atoms with Crippen LogP contribution in [-0.4, -0.2) is 17.9 Å². The summed E-state index contributed by atoms with van der Waals surface area (Å²) in [5.74, 6) is 0.422. The molecule has 4 rings (SSSR count). The van der Waals surface area contributed by atoms with Crippen molar-refractivity contribution in [3.63, 3.8) is 0 Å². The first-order valence-electron chi connectivity index (χ1n) is 9.60. The van der Waals surface area contributed by atoms with Gasteiger partial charge < -0.3 is 15.0 Å². The Balaban J connectivity index is 1.57. The van der Waals surface area contributed by atoms with Crippen LogP contribution in [0.1, 0.15) is 18.1 Å². The number of benzene rings is 3. The number of hydrogen-bond donors (Lipinski definition) is 1. The second-order valence-corrected chi connectivity index (χ2v) is 7.06. The van der Waals surface area contributed by atoms with Gasteiger partial charge in [-0.3, -0.25) is 9.59 Å². The summed E-state index contributed by atoms with van der Waals surface area (Å²) in [5, 5.41) is 2.92. The summed E-state index contributed by atoms with van der Waals surface area (Å²) in [6.45, 7) is 2.20. The summed E-state index contributed by atoms with van der Waals surface area (Å²) in [7, 11) is 0. The number of fused-ring (bicyclic) bond motifs is 1. The highest BCUT2D eigenvalue weighted by molar-refractivity contribution is 6.01. The van der Waals surface area contributed by atoms with E-state index in [9.17, 15) is 9.59 Å². The lowest BCUT2D eigenvalue weighted by Gasteiger charge is -2.33. The lowest BCUT2D eigenvalue weighted by molar-refractivity contribution is -0.125. The average molecular weight is 386 g/mol. The minimum atomic E-state index is -0.551. The molecule has 1 heterocycles. The van der Waals surface area contributed by atoms with E-state index in [0.717, 1.165) is 11.1 Å². The molecule has 0 radical (unpaired) electrons. The summed E-state index contributed by atoms with van der Waals surface area (Å²) in [6, 6.07) is 24.8. The molecule has 1 atom stereocenters. The zero-order chi connectivity index (χ0) is 20.2. The number of nitrogens with one attached hydrogen (secondary N) is 1. The van der Waals surface area contributed by atoms with E-state index in [4.69, 9.17) is 4.74 Å². The van der Waals surface area contributed by atoms with Gasteiger partial charge in [0.1, 0.15) is 5.75 Å². The molecular weight excluding hydrogens is 364 g/mol. The predicted octanol–water partition coefficient (Wildman–Crippen LogP) is 4.18. The fraction of sp³-hybridized carbons (Fsp3) is 0.167. The van der Waals surface area contributed by atoms with Crippen molar-refractivity contribution in [1.29, 1.82) is 0 Å². The molecule has 1 N–H and O–H groups in total. The number of anilines is 2. The molecule has 3 aromatic rings. The number of ether oxygens (including phenoxy) is 1. The molecular formula is C24H22N2O3. The summed E-state index contributed by atoms with van der Waals surface area (Å²) in [4.78, 5) is 26.9. The van der Waals surface area contributed by atoms with Gasteiger partial charge in [0.2, 0.25) is 5.91 Å². The summed E-state index contributed by atoms with van der Waals surface area (Å²) >= 11 is 0. The van der Waals surface area contributed by atoms with E-state index >= 15 is 0 Å². The van der Waals surface area contributed by atoms with Gasteiger partial charge >= 0.3 is 0 Å². The summed E-state index contributed by atoms with van der Waals surface area (Å²) < 4.78 is 5.76. The van der Waals surface area contributed by atoms with Crippen LogP contribution in [0.2, 0.25) is 0 Å². The molecule has 0 aromatic heterocycles. The molecule has 0 bridgehead atoms. The van der Waals surface area contributed by atoms with E-state index < -0.39 is 6.10 Å². The van der Waals surface area contributed by atoms with Crippen molar-refractivity contribution in [2.75, 3.05) is 10.2 Å². The molecule has 146 valence electrons. The molecule has 0 fully saturated rings. The third-order valence-electron chi connectivity index (χ3n) is 4.84. The van der Waals surface area contributed by atoms with Crippen LogP contribution in [0.5, 0.6) is 5.75 Å². The van der Waals surface area contributed by atoms with E-state index in [1.165, 1.54) is 0 Å². The quantitative estimate of drug-likeness (QED) is 0.716. The molecule has 29 heavy (non-hydrogen) atoms. The first-order valence-corrected chi connectivity index (χ1v) is 9.60. The monoisotopic (exact) mass is 386 g/mol. The molecule has 1 aliphatic heterocycles. The van der Waals surface area contributed by atoms with E-state index in [-0.39, 0.29) is 18.2 Å². The molecule has 3 aromatic carbocycles. The van der Waals surface area contributed by atoms with Crippen molar-refractivity contribution in [3.05, 3.63) is 90.0 Å². The van der Waals surface area contributed by atoms with Crippen LogP contribution in [0.3, 0.4) is 0 Å². The highest BCUT2D eigenvalue weighted by atomic mass is 16.5. The van der Waals surface area contributed by atoms with Crippen LogP contribution in [-0.2, 0) is 22.6 Å². The first-order chi connectivity index (χ1) is 14.1. The molecule has 0 saturated heterocycles. The number of nitrogens with zero attached hydrogens (tertiary/aromatic N) is 1. The van der Waals surface area contributed by atoms with Crippen molar-refractivity contribution in [1.82, 2.24) is 0 Å². The van der Waals surface area contributed by atoms with Crippen molar-refractivity contribution in [2.45, 2.75) is 26.0 Å². The maximum Gasteiger partial charge on any atom is 0.268 e. The summed E-state index contributed by atoms with van der Waals surface area (Å²) in [6.07, 6.45) is -0.261. The Labute approximate surface area is 169 Å². The number of carbonyl (C=O) groups excluding carboxylic acids is 2. The molecule has 2 amide bonds. The van der Waals surface area contributed by atoms with Crippen molar-refractivity contribution in [3.8, 4) is 5.75 Å². The Morgan fingerprint density at radius 1 is 0.966 bits per heavy atom. The van der Waals surface area contributed by atoms with Crippen molar-refractivity contribution >= 4 is 23.2 Å². The van der Waals surface area contributed by atoms with Gasteiger partial charge in [0.15, 0.2) is 6.10 Å². The largest absolute Gasteiger partial charge is 0.479 e. The van der Waals surface area contributed by atoms with E-state index in [1.807, 2.05) is 60.7 Å². The zero-order valence-electron chi connectivity index (χ0n) is 16.2. The molecule has 0 spiro atoms. The molecule has 1 aliphatic rings. The number of amides is 2. The molecule has 1 unspecified atom stereocenters. The Morgan fingerprint density at radius 3 is 2.31 bits per heavy atom. The van der Waals surface area contributed by atoms with E-state index in [2.05, 4.69) is 5.32 Å². The van der Waals surface area contributed by atoms with Gasteiger partial charge in [-0.1, -0.05) is 60.7 Å². The number of rotatable bonds is 5. The lowest BCUT2D eigenvalue weighted by atomic mass is 10.1. The van der Waals surface area contributed by atoms with E-state index in [1.54, 1.807) is 30.0 Å². The van der Waals surface area contributed by atoms with Crippen molar-refractivity contribution in [2.24, 2.45) is 0 Å². The minimum Gasteiger partial charge on any atom is -0.479 e. The topological polar surface area (TPSA) is 58.6 Å².